The summed E-state index contributed by atoms with van der Waals surface area (Å²) in [6.07, 6.45) is 1.80. The number of benzene rings is 3. The highest BCUT2D eigenvalue weighted by atomic mass is 32.2. The van der Waals surface area contributed by atoms with E-state index in [2.05, 4.69) is 4.72 Å². The average Bonchev–Trinajstić information content (AvgIpc) is 3.41. The van der Waals surface area contributed by atoms with Crippen molar-refractivity contribution in [3.05, 3.63) is 78.1 Å². The molecule has 0 spiro atoms. The van der Waals surface area contributed by atoms with Gasteiger partial charge in [-0.05, 0) is 53.4 Å². The van der Waals surface area contributed by atoms with Crippen LogP contribution in [0.1, 0.15) is 18.4 Å². The molecule has 1 N–H and O–H groups in total. The molecule has 0 amide bonds. The van der Waals surface area contributed by atoms with Crippen molar-refractivity contribution >= 4 is 20.8 Å². The Hall–Kier alpha value is -2.24. The molecule has 0 saturated heterocycles. The molecule has 25 heavy (non-hydrogen) atoms. The third-order valence-corrected chi connectivity index (χ3v) is 6.34. The molecule has 0 aromatic heterocycles. The smallest absolute Gasteiger partial charge is 0.210 e. The van der Waals surface area contributed by atoms with Crippen molar-refractivity contribution in [3.63, 3.8) is 0 Å². The summed E-state index contributed by atoms with van der Waals surface area (Å²) in [5, 5.41) is 1.90. The number of halogens is 1. The quantitative estimate of drug-likeness (QED) is 0.752. The molecule has 128 valence electrons. The molecule has 0 aliphatic heterocycles. The van der Waals surface area contributed by atoms with E-state index in [-0.39, 0.29) is 16.1 Å². The van der Waals surface area contributed by atoms with Crippen LogP contribution < -0.4 is 4.72 Å². The highest BCUT2D eigenvalue weighted by Gasteiger charge is 2.44. The minimum Gasteiger partial charge on any atom is -0.210 e. The van der Waals surface area contributed by atoms with Crippen LogP contribution in [0.4, 0.5) is 4.39 Å². The Morgan fingerprint density at radius 2 is 1.60 bits per heavy atom. The van der Waals surface area contributed by atoms with E-state index in [1.165, 1.54) is 12.1 Å². The van der Waals surface area contributed by atoms with Crippen LogP contribution in [0.5, 0.6) is 0 Å². The van der Waals surface area contributed by atoms with Crippen molar-refractivity contribution in [3.8, 4) is 0 Å². The van der Waals surface area contributed by atoms with Gasteiger partial charge in [-0.2, -0.15) is 0 Å². The lowest BCUT2D eigenvalue weighted by atomic mass is 9.96. The molecule has 0 unspecified atom stereocenters. The summed E-state index contributed by atoms with van der Waals surface area (Å²) in [6.45, 7) is 0.327. The second kappa shape index (κ2) is 5.93. The van der Waals surface area contributed by atoms with Gasteiger partial charge in [0.1, 0.15) is 5.82 Å². The first kappa shape index (κ1) is 16.2. The molecule has 0 bridgehead atoms. The third kappa shape index (κ3) is 3.17. The van der Waals surface area contributed by atoms with Crippen molar-refractivity contribution in [1.29, 1.82) is 0 Å². The number of sulfonamides is 1. The molecule has 0 heterocycles. The largest absolute Gasteiger partial charge is 0.240 e. The van der Waals surface area contributed by atoms with Gasteiger partial charge in [-0.1, -0.05) is 42.5 Å². The van der Waals surface area contributed by atoms with Crippen molar-refractivity contribution in [2.24, 2.45) is 0 Å². The Bertz CT molecular complexity index is 1030. The van der Waals surface area contributed by atoms with Gasteiger partial charge in [0.2, 0.25) is 10.0 Å². The molecule has 3 aromatic carbocycles. The molecule has 1 aliphatic carbocycles. The Morgan fingerprint density at radius 1 is 0.920 bits per heavy atom. The van der Waals surface area contributed by atoms with Crippen molar-refractivity contribution < 1.29 is 12.8 Å². The van der Waals surface area contributed by atoms with Gasteiger partial charge in [-0.3, -0.25) is 0 Å². The summed E-state index contributed by atoms with van der Waals surface area (Å²) < 4.78 is 41.2. The maximum absolute atomic E-state index is 13.1. The van der Waals surface area contributed by atoms with E-state index in [0.717, 1.165) is 29.2 Å². The van der Waals surface area contributed by atoms with Crippen LogP contribution in [0.15, 0.2) is 71.6 Å². The lowest BCUT2D eigenvalue weighted by molar-refractivity contribution is 0.566. The zero-order valence-electron chi connectivity index (χ0n) is 13.6. The molecule has 4 rings (SSSR count). The molecular formula is C20H18FNO2S. The summed E-state index contributed by atoms with van der Waals surface area (Å²) in [7, 11) is -3.59. The van der Waals surface area contributed by atoms with Crippen LogP contribution in [-0.2, 0) is 15.4 Å². The Balaban J connectivity index is 1.55. The summed E-state index contributed by atoms with van der Waals surface area (Å²) in [5.74, 6) is -0.281. The summed E-state index contributed by atoms with van der Waals surface area (Å²) >= 11 is 0. The number of rotatable bonds is 5. The van der Waals surface area contributed by atoms with Gasteiger partial charge in [-0.15, -0.1) is 0 Å². The molecule has 3 nitrogen and oxygen atoms in total. The molecule has 1 saturated carbocycles. The van der Waals surface area contributed by atoms with Gasteiger partial charge in [-0.25, -0.2) is 17.5 Å². The summed E-state index contributed by atoms with van der Waals surface area (Å²) in [5.41, 5.74) is 0.771. The van der Waals surface area contributed by atoms with E-state index < -0.39 is 10.0 Å². The number of nitrogens with one attached hydrogen (secondary N) is 1. The zero-order chi connectivity index (χ0) is 17.5. The first-order chi connectivity index (χ1) is 12.0. The molecule has 1 aliphatic rings. The van der Waals surface area contributed by atoms with Crippen LogP contribution in [-0.4, -0.2) is 15.0 Å². The second-order valence-electron chi connectivity index (χ2n) is 6.62. The average molecular weight is 355 g/mol. The van der Waals surface area contributed by atoms with Crippen LogP contribution in [0.2, 0.25) is 0 Å². The number of fused-ring (bicyclic) bond motifs is 1. The normalized spacial score (nSPS) is 16.0. The Labute approximate surface area is 146 Å². The monoisotopic (exact) mass is 355 g/mol. The van der Waals surface area contributed by atoms with Crippen molar-refractivity contribution in [1.82, 2.24) is 4.72 Å². The number of hydrogen-bond donors (Lipinski definition) is 1. The fraction of sp³-hybridized carbons (Fsp3) is 0.200. The zero-order valence-corrected chi connectivity index (χ0v) is 14.4. The minimum atomic E-state index is -3.59. The Kier molecular flexibility index (Phi) is 3.85. The Morgan fingerprint density at radius 3 is 2.28 bits per heavy atom. The van der Waals surface area contributed by atoms with Crippen LogP contribution in [0, 0.1) is 5.82 Å². The first-order valence-corrected chi connectivity index (χ1v) is 9.71. The van der Waals surface area contributed by atoms with Crippen molar-refractivity contribution in [2.45, 2.75) is 23.2 Å². The van der Waals surface area contributed by atoms with E-state index in [1.54, 1.807) is 24.3 Å². The lowest BCUT2D eigenvalue weighted by Gasteiger charge is -2.17. The standard InChI is InChI=1S/C20H18FNO2S/c21-18-8-6-17(7-9-18)20(11-12-20)14-22-25(23,24)19-10-5-15-3-1-2-4-16(15)13-19/h1-10,13,22H,11-12,14H2. The maximum atomic E-state index is 13.1. The van der Waals surface area contributed by atoms with E-state index in [9.17, 15) is 12.8 Å². The van der Waals surface area contributed by atoms with Crippen LogP contribution >= 0.6 is 0 Å². The van der Waals surface area contributed by atoms with Gasteiger partial charge in [0.25, 0.3) is 0 Å². The predicted molar refractivity (Wildman–Crippen MR) is 96.4 cm³/mol. The minimum absolute atomic E-state index is 0.211. The van der Waals surface area contributed by atoms with Gasteiger partial charge >= 0.3 is 0 Å². The molecule has 0 radical (unpaired) electrons. The maximum Gasteiger partial charge on any atom is 0.240 e. The molecule has 1 fully saturated rings. The highest BCUT2D eigenvalue weighted by molar-refractivity contribution is 7.89. The lowest BCUT2D eigenvalue weighted by Crippen LogP contribution is -2.32. The van der Waals surface area contributed by atoms with Crippen LogP contribution in [0.3, 0.4) is 0 Å². The second-order valence-corrected chi connectivity index (χ2v) is 8.39. The van der Waals surface area contributed by atoms with Crippen molar-refractivity contribution in [2.75, 3.05) is 6.54 Å². The van der Waals surface area contributed by atoms with E-state index >= 15 is 0 Å². The fourth-order valence-corrected chi connectivity index (χ4v) is 4.34. The predicted octanol–water partition coefficient (Wildman–Crippen LogP) is 3.99. The topological polar surface area (TPSA) is 46.2 Å². The van der Waals surface area contributed by atoms with E-state index in [4.69, 9.17) is 0 Å². The van der Waals surface area contributed by atoms with Gasteiger partial charge in [0.15, 0.2) is 0 Å². The van der Waals surface area contributed by atoms with Gasteiger partial charge in [0, 0.05) is 12.0 Å². The first-order valence-electron chi connectivity index (χ1n) is 8.23. The molecular weight excluding hydrogens is 337 g/mol. The van der Waals surface area contributed by atoms with Crippen LogP contribution in [0.25, 0.3) is 10.8 Å². The van der Waals surface area contributed by atoms with E-state index in [1.807, 2.05) is 30.3 Å². The van der Waals surface area contributed by atoms with Gasteiger partial charge in [0.05, 0.1) is 4.90 Å². The summed E-state index contributed by atoms with van der Waals surface area (Å²) in [4.78, 5) is 0.265. The highest BCUT2D eigenvalue weighted by Crippen LogP contribution is 2.47. The molecule has 3 aromatic rings. The fourth-order valence-electron chi connectivity index (χ4n) is 3.17. The SMILES string of the molecule is O=S(=O)(NCC1(c2ccc(F)cc2)CC1)c1ccc2ccccc2c1. The third-order valence-electron chi connectivity index (χ3n) is 4.94. The van der Waals surface area contributed by atoms with E-state index in [0.29, 0.717) is 6.54 Å². The number of hydrogen-bond acceptors (Lipinski definition) is 2. The molecule has 0 atom stereocenters. The molecule has 5 heteroatoms. The van der Waals surface area contributed by atoms with Gasteiger partial charge < -0.3 is 0 Å². The summed E-state index contributed by atoms with van der Waals surface area (Å²) in [6, 6.07) is 19.1.